The highest BCUT2D eigenvalue weighted by Gasteiger charge is 2.33. The lowest BCUT2D eigenvalue weighted by Crippen LogP contribution is -2.55. The second-order valence-corrected chi connectivity index (χ2v) is 6.92. The Morgan fingerprint density at radius 3 is 2.56 bits per heavy atom. The largest absolute Gasteiger partial charge is 0.381 e. The first kappa shape index (κ1) is 18.3. The van der Waals surface area contributed by atoms with Gasteiger partial charge in [0.05, 0.1) is 12.1 Å². The van der Waals surface area contributed by atoms with Crippen LogP contribution < -0.4 is 5.73 Å². The number of aryl methyl sites for hydroxylation is 1. The van der Waals surface area contributed by atoms with E-state index in [0.29, 0.717) is 32.2 Å². The Balaban J connectivity index is 1.51. The molecule has 0 aromatic carbocycles. The van der Waals surface area contributed by atoms with Crippen molar-refractivity contribution in [2.45, 2.75) is 45.2 Å². The van der Waals surface area contributed by atoms with E-state index in [1.807, 2.05) is 11.8 Å². The molecule has 0 spiro atoms. The van der Waals surface area contributed by atoms with Crippen molar-refractivity contribution in [1.29, 1.82) is 0 Å². The molecule has 0 bridgehead atoms. The number of nitrogens with zero attached hydrogens (tertiary/aromatic N) is 4. The summed E-state index contributed by atoms with van der Waals surface area (Å²) in [4.78, 5) is 21.3. The molecule has 2 aliphatic rings. The van der Waals surface area contributed by atoms with Crippen LogP contribution in [-0.2, 0) is 16.0 Å². The molecule has 0 saturated carbocycles. The van der Waals surface area contributed by atoms with E-state index in [4.69, 9.17) is 15.0 Å². The summed E-state index contributed by atoms with van der Waals surface area (Å²) in [6, 6.07) is -0.342. The molecule has 0 radical (unpaired) electrons. The van der Waals surface area contributed by atoms with Crippen LogP contribution in [0.5, 0.6) is 0 Å². The maximum Gasteiger partial charge on any atom is 0.243 e. The van der Waals surface area contributed by atoms with Gasteiger partial charge < -0.3 is 19.9 Å². The van der Waals surface area contributed by atoms with Crippen LogP contribution in [0.4, 0.5) is 0 Å². The monoisotopic (exact) mass is 351 g/mol. The molecular weight excluding hydrogens is 322 g/mol. The minimum atomic E-state index is -0.407. The van der Waals surface area contributed by atoms with Crippen molar-refractivity contribution in [3.8, 4) is 0 Å². The maximum absolute atomic E-state index is 12.7. The zero-order valence-electron chi connectivity index (χ0n) is 15.2. The second-order valence-electron chi connectivity index (χ2n) is 6.92. The van der Waals surface area contributed by atoms with Gasteiger partial charge in [-0.2, -0.15) is 4.98 Å². The Morgan fingerprint density at radius 2 is 1.96 bits per heavy atom. The minimum Gasteiger partial charge on any atom is -0.381 e. The minimum absolute atomic E-state index is 0.0641. The molecule has 1 aromatic heterocycles. The topological polar surface area (TPSA) is 97.7 Å². The van der Waals surface area contributed by atoms with Crippen LogP contribution in [0, 0.1) is 5.92 Å². The summed E-state index contributed by atoms with van der Waals surface area (Å²) in [6.45, 7) is 8.45. The van der Waals surface area contributed by atoms with Crippen LogP contribution in [0.2, 0.25) is 0 Å². The van der Waals surface area contributed by atoms with Gasteiger partial charge in [-0.05, 0) is 25.7 Å². The number of nitrogens with two attached hydrogens (primary N) is 1. The highest BCUT2D eigenvalue weighted by molar-refractivity contribution is 5.82. The van der Waals surface area contributed by atoms with Gasteiger partial charge in [0.2, 0.25) is 11.8 Å². The molecule has 0 aliphatic carbocycles. The Hall–Kier alpha value is -1.51. The van der Waals surface area contributed by atoms with Gasteiger partial charge in [0.1, 0.15) is 0 Å². The molecule has 3 rings (SSSR count). The van der Waals surface area contributed by atoms with Crippen molar-refractivity contribution in [2.24, 2.45) is 11.7 Å². The van der Waals surface area contributed by atoms with Gasteiger partial charge in [0.15, 0.2) is 5.82 Å². The summed E-state index contributed by atoms with van der Waals surface area (Å²) in [5.74, 6) is 1.70. The quantitative estimate of drug-likeness (QED) is 0.829. The summed E-state index contributed by atoms with van der Waals surface area (Å²) in [5.41, 5.74) is 6.23. The Morgan fingerprint density at radius 1 is 1.28 bits per heavy atom. The standard InChI is InChI=1S/C17H29N5O3/c1-3-14-19-16(25-20-14)12(2)21-6-8-22(9-7-21)17(23)15(18)13-4-10-24-11-5-13/h12-13,15H,3-11,18H2,1-2H3. The maximum atomic E-state index is 12.7. The fraction of sp³-hybridized carbons (Fsp3) is 0.824. The Kier molecular flexibility index (Phi) is 6.03. The number of ether oxygens (including phenoxy) is 1. The number of carbonyl (C=O) groups is 1. The molecule has 2 fully saturated rings. The summed E-state index contributed by atoms with van der Waals surface area (Å²) < 4.78 is 10.7. The summed E-state index contributed by atoms with van der Waals surface area (Å²) in [7, 11) is 0. The first-order chi connectivity index (χ1) is 12.1. The van der Waals surface area contributed by atoms with Crippen molar-refractivity contribution in [2.75, 3.05) is 39.4 Å². The van der Waals surface area contributed by atoms with Gasteiger partial charge in [-0.15, -0.1) is 0 Å². The first-order valence-electron chi connectivity index (χ1n) is 9.28. The van der Waals surface area contributed by atoms with Crippen LogP contribution in [0.15, 0.2) is 4.52 Å². The van der Waals surface area contributed by atoms with Crippen molar-refractivity contribution < 1.29 is 14.1 Å². The molecule has 1 amide bonds. The smallest absolute Gasteiger partial charge is 0.243 e. The van der Waals surface area contributed by atoms with Crippen LogP contribution >= 0.6 is 0 Å². The molecule has 3 heterocycles. The van der Waals surface area contributed by atoms with Crippen LogP contribution in [0.25, 0.3) is 0 Å². The predicted octanol–water partition coefficient (Wildman–Crippen LogP) is 0.591. The second kappa shape index (κ2) is 8.25. The number of aromatic nitrogens is 2. The van der Waals surface area contributed by atoms with E-state index in [0.717, 1.165) is 38.2 Å². The third-order valence-corrected chi connectivity index (χ3v) is 5.39. The van der Waals surface area contributed by atoms with Gasteiger partial charge in [-0.3, -0.25) is 9.69 Å². The van der Waals surface area contributed by atoms with E-state index in [9.17, 15) is 4.79 Å². The summed E-state index contributed by atoms with van der Waals surface area (Å²) in [5, 5.41) is 3.96. The highest BCUT2D eigenvalue weighted by atomic mass is 16.5. The van der Waals surface area contributed by atoms with E-state index in [2.05, 4.69) is 22.0 Å². The van der Waals surface area contributed by atoms with E-state index in [1.165, 1.54) is 0 Å². The number of hydrogen-bond acceptors (Lipinski definition) is 7. The fourth-order valence-corrected chi connectivity index (χ4v) is 3.55. The number of rotatable bonds is 5. The van der Waals surface area contributed by atoms with Gasteiger partial charge in [-0.1, -0.05) is 12.1 Å². The normalized spacial score (nSPS) is 22.8. The Labute approximate surface area is 148 Å². The van der Waals surface area contributed by atoms with E-state index >= 15 is 0 Å². The predicted molar refractivity (Wildman–Crippen MR) is 91.8 cm³/mol. The number of piperazine rings is 1. The van der Waals surface area contributed by atoms with Gasteiger partial charge in [0.25, 0.3) is 0 Å². The third-order valence-electron chi connectivity index (χ3n) is 5.39. The molecule has 25 heavy (non-hydrogen) atoms. The van der Waals surface area contributed by atoms with Gasteiger partial charge >= 0.3 is 0 Å². The molecule has 2 N–H and O–H groups in total. The number of carbonyl (C=O) groups excluding carboxylic acids is 1. The Bertz CT molecular complexity index is 564. The van der Waals surface area contributed by atoms with Crippen molar-refractivity contribution in [3.63, 3.8) is 0 Å². The molecule has 2 atom stereocenters. The molecule has 2 unspecified atom stereocenters. The highest BCUT2D eigenvalue weighted by Crippen LogP contribution is 2.22. The van der Waals surface area contributed by atoms with Gasteiger partial charge in [0, 0.05) is 45.8 Å². The zero-order chi connectivity index (χ0) is 17.8. The van der Waals surface area contributed by atoms with E-state index in [-0.39, 0.29) is 17.9 Å². The van der Waals surface area contributed by atoms with Crippen LogP contribution in [0.1, 0.15) is 44.4 Å². The molecule has 2 saturated heterocycles. The van der Waals surface area contributed by atoms with E-state index < -0.39 is 6.04 Å². The molecule has 140 valence electrons. The molecular formula is C17H29N5O3. The molecule has 2 aliphatic heterocycles. The average molecular weight is 351 g/mol. The van der Waals surface area contributed by atoms with Crippen molar-refractivity contribution >= 4 is 5.91 Å². The van der Waals surface area contributed by atoms with Crippen LogP contribution in [0.3, 0.4) is 0 Å². The lowest BCUT2D eigenvalue weighted by molar-refractivity contribution is -0.136. The third kappa shape index (κ3) is 4.19. The molecule has 8 heteroatoms. The zero-order valence-corrected chi connectivity index (χ0v) is 15.2. The van der Waals surface area contributed by atoms with Crippen molar-refractivity contribution in [1.82, 2.24) is 19.9 Å². The number of amides is 1. The lowest BCUT2D eigenvalue weighted by Gasteiger charge is -2.39. The molecule has 1 aromatic rings. The molecule has 8 nitrogen and oxygen atoms in total. The lowest BCUT2D eigenvalue weighted by atomic mass is 9.91. The van der Waals surface area contributed by atoms with E-state index in [1.54, 1.807) is 0 Å². The van der Waals surface area contributed by atoms with Crippen LogP contribution in [-0.4, -0.2) is 71.3 Å². The van der Waals surface area contributed by atoms with Gasteiger partial charge in [-0.25, -0.2) is 0 Å². The first-order valence-corrected chi connectivity index (χ1v) is 9.28. The fourth-order valence-electron chi connectivity index (χ4n) is 3.55. The average Bonchev–Trinajstić information content (AvgIpc) is 3.16. The summed E-state index contributed by atoms with van der Waals surface area (Å²) >= 11 is 0. The summed E-state index contributed by atoms with van der Waals surface area (Å²) in [6.07, 6.45) is 2.52. The van der Waals surface area contributed by atoms with Crippen molar-refractivity contribution in [3.05, 3.63) is 11.7 Å². The SMILES string of the molecule is CCc1noc(C(C)N2CCN(C(=O)C(N)C3CCOCC3)CC2)n1. The number of hydrogen-bond donors (Lipinski definition) is 1.